The lowest BCUT2D eigenvalue weighted by molar-refractivity contribution is -0.143. The van der Waals surface area contributed by atoms with Crippen LogP contribution in [-0.4, -0.2) is 201 Å². The van der Waals surface area contributed by atoms with E-state index >= 15 is 0 Å². The monoisotopic (exact) mass is 1400 g/mol. The summed E-state index contributed by atoms with van der Waals surface area (Å²) < 4.78 is 0. The van der Waals surface area contributed by atoms with E-state index in [1.165, 1.54) is 20.8 Å². The number of carboxylic acid groups (broad SMARTS) is 2. The van der Waals surface area contributed by atoms with Gasteiger partial charge in [0.05, 0.1) is 25.1 Å². The standard InChI is InChI=1S/C63H102N18O18/c1-29(2)22-41(57(93)74-40(18-20-47(66)84)55(91)79-45(62(98)99)24-31(5)6)75-58(94)43(25-35-27-70-38-15-12-11-14-36(35)38)76-54(90)39(16-13-21-69-63(67)68)73-52(88)33(9)72-56(92)44(26-49(86)87)78-60(96)50(32(7)8)81-59(95)42(23-30(3)4)77-61(97)51(34(10)82)80-48(85)28-71-53(89)37(64)17-19-46(65)83/h11-12,14-15,27,29-34,37,39-45,50-51,70,82H,13,16-26,28,64H2,1-10H3,(H2,65,83)(H2,66,84)(H,71,89)(H,72,92)(H,73,88)(H,74,93)(H,75,94)(H,76,90)(H,77,97)(H,78,96)(H,79,91)(H,80,85)(H,81,95)(H,86,87)(H,98,99)(H4,67,68,69)/t33-,34+,37-,39-,40-,41-,42-,43-,44-,45-,50-,51-/m0/s1. The Morgan fingerprint density at radius 3 is 1.48 bits per heavy atom. The fourth-order valence-corrected chi connectivity index (χ4v) is 9.97. The number of carbonyl (C=O) groups is 15. The van der Waals surface area contributed by atoms with Crippen molar-refractivity contribution in [3.05, 3.63) is 36.0 Å². The lowest BCUT2D eigenvalue weighted by atomic mass is 9.99. The van der Waals surface area contributed by atoms with Gasteiger partial charge in [-0.2, -0.15) is 0 Å². The van der Waals surface area contributed by atoms with E-state index in [4.69, 9.17) is 28.7 Å². The fourth-order valence-electron chi connectivity index (χ4n) is 9.97. The Kier molecular flexibility index (Phi) is 36.1. The molecule has 13 amide bonds. The largest absolute Gasteiger partial charge is 0.481 e. The molecule has 1 heterocycles. The molecule has 0 saturated carbocycles. The minimum atomic E-state index is -1.93. The highest BCUT2D eigenvalue weighted by Crippen LogP contribution is 2.21. The van der Waals surface area contributed by atoms with Crippen molar-refractivity contribution in [1.82, 2.24) is 63.5 Å². The van der Waals surface area contributed by atoms with E-state index in [0.717, 1.165) is 6.92 Å². The maximum atomic E-state index is 14.8. The van der Waals surface area contributed by atoms with Gasteiger partial charge in [-0.1, -0.05) is 73.6 Å². The van der Waals surface area contributed by atoms with Crippen LogP contribution in [0.25, 0.3) is 10.9 Å². The summed E-state index contributed by atoms with van der Waals surface area (Å²) >= 11 is 0. The first-order chi connectivity index (χ1) is 46.2. The summed E-state index contributed by atoms with van der Waals surface area (Å²) in [5.74, 6) is -17.2. The Hall–Kier alpha value is -10.00. The van der Waals surface area contributed by atoms with Gasteiger partial charge in [-0.25, -0.2) is 4.79 Å². The SMILES string of the molecule is CC(C)C[C@H](NC(=O)[C@H](CCC(N)=O)NC(=O)[C@H](CC(C)C)NC(=O)[C@H](Cc1c[nH]c2ccccc12)NC(=O)[C@H](CCCN=C(N)N)NC(=O)[C@H](C)NC(=O)[C@H](CC(=O)O)NC(=O)[C@@H](NC(=O)[C@H](CC(C)C)NC(=O)[C@@H](NC(=O)CNC(=O)[C@@H](N)CCC(N)=O)[C@@H](C)O)C(C)C)C(=O)O. The second-order valence-corrected chi connectivity index (χ2v) is 25.8. The van der Waals surface area contributed by atoms with E-state index in [1.54, 1.807) is 72.0 Å². The number of nitrogens with zero attached hydrogens (tertiary/aromatic N) is 1. The molecular weight excluding hydrogens is 1300 g/mol. The van der Waals surface area contributed by atoms with Gasteiger partial charge in [0, 0.05) is 42.9 Å². The quantitative estimate of drug-likeness (QED) is 0.0168. The molecule has 2 aromatic rings. The molecule has 0 radical (unpaired) electrons. The van der Waals surface area contributed by atoms with E-state index in [9.17, 15) is 87.2 Å². The summed E-state index contributed by atoms with van der Waals surface area (Å²) in [7, 11) is 0. The molecule has 2 rings (SSSR count). The highest BCUT2D eigenvalue weighted by atomic mass is 16.4. The van der Waals surface area contributed by atoms with Gasteiger partial charge >= 0.3 is 11.9 Å². The molecule has 36 nitrogen and oxygen atoms in total. The second kappa shape index (κ2) is 42.0. The molecule has 1 aromatic carbocycles. The summed E-state index contributed by atoms with van der Waals surface area (Å²) in [6.45, 7) is 14.9. The number of aliphatic imine (C=N–C) groups is 1. The number of carboxylic acids is 2. The molecule has 0 aliphatic carbocycles. The number of rotatable bonds is 45. The number of aliphatic carboxylic acids is 2. The minimum Gasteiger partial charge on any atom is -0.481 e. The van der Waals surface area contributed by atoms with E-state index in [0.29, 0.717) is 16.5 Å². The number of aliphatic hydroxyl groups excluding tert-OH is 1. The maximum Gasteiger partial charge on any atom is 0.326 e. The van der Waals surface area contributed by atoms with Crippen molar-refractivity contribution in [3.63, 3.8) is 0 Å². The number of nitrogens with one attached hydrogen (secondary N) is 12. The van der Waals surface area contributed by atoms with Crippen molar-refractivity contribution >= 4 is 106 Å². The van der Waals surface area contributed by atoms with Crippen LogP contribution in [0.15, 0.2) is 35.5 Å². The van der Waals surface area contributed by atoms with Crippen LogP contribution in [0, 0.1) is 23.7 Å². The average Bonchev–Trinajstić information content (AvgIpc) is 1.75. The molecule has 0 aliphatic heterocycles. The molecule has 0 spiro atoms. The smallest absolute Gasteiger partial charge is 0.326 e. The van der Waals surface area contributed by atoms with Crippen LogP contribution in [0.3, 0.4) is 0 Å². The number of fused-ring (bicyclic) bond motifs is 1. The highest BCUT2D eigenvalue weighted by Gasteiger charge is 2.38. The number of aliphatic hydroxyl groups is 1. The van der Waals surface area contributed by atoms with Crippen LogP contribution in [0.4, 0.5) is 0 Å². The van der Waals surface area contributed by atoms with Crippen LogP contribution < -0.4 is 87.2 Å². The van der Waals surface area contributed by atoms with Gasteiger partial charge in [-0.15, -0.1) is 0 Å². The van der Waals surface area contributed by atoms with Gasteiger partial charge in [0.15, 0.2) is 5.96 Å². The lowest BCUT2D eigenvalue weighted by Gasteiger charge is -2.29. The first kappa shape index (κ1) is 85.1. The number of para-hydroxylation sites is 1. The Balaban J connectivity index is 2.49. The van der Waals surface area contributed by atoms with Crippen LogP contribution in [0.1, 0.15) is 139 Å². The van der Waals surface area contributed by atoms with Crippen LogP contribution in [-0.2, 0) is 78.3 Å². The molecular formula is C63H102N18O18. The predicted molar refractivity (Wildman–Crippen MR) is 360 cm³/mol. The van der Waals surface area contributed by atoms with Crippen molar-refractivity contribution in [1.29, 1.82) is 0 Å². The van der Waals surface area contributed by atoms with Crippen LogP contribution in [0.5, 0.6) is 0 Å². The van der Waals surface area contributed by atoms with Crippen molar-refractivity contribution in [2.24, 2.45) is 57.3 Å². The summed E-state index contributed by atoms with van der Waals surface area (Å²) in [5, 5.41) is 57.9. The summed E-state index contributed by atoms with van der Waals surface area (Å²) in [6.07, 6.45) is -2.64. The number of carbonyl (C=O) groups excluding carboxylic acids is 13. The molecule has 0 fully saturated rings. The molecule has 0 unspecified atom stereocenters. The Labute approximate surface area is 573 Å². The van der Waals surface area contributed by atoms with E-state index in [2.05, 4.69) is 68.5 Å². The number of aromatic nitrogens is 1. The number of H-pyrrole nitrogens is 1. The molecule has 0 bridgehead atoms. The summed E-state index contributed by atoms with van der Waals surface area (Å²) in [5.41, 5.74) is 28.5. The first-order valence-electron chi connectivity index (χ1n) is 32.6. The van der Waals surface area contributed by atoms with Gasteiger partial charge in [0.1, 0.15) is 60.4 Å². The van der Waals surface area contributed by atoms with Gasteiger partial charge < -0.3 is 107 Å². The summed E-state index contributed by atoms with van der Waals surface area (Å²) in [4.78, 5) is 207. The van der Waals surface area contributed by atoms with Gasteiger partial charge in [0.25, 0.3) is 0 Å². The average molecular weight is 1400 g/mol. The first-order valence-corrected chi connectivity index (χ1v) is 32.6. The van der Waals surface area contributed by atoms with Gasteiger partial charge in [-0.3, -0.25) is 72.1 Å². The summed E-state index contributed by atoms with van der Waals surface area (Å²) in [6, 6.07) is -9.78. The van der Waals surface area contributed by atoms with Crippen LogP contribution in [0.2, 0.25) is 0 Å². The molecule has 12 atom stereocenters. The zero-order valence-electron chi connectivity index (χ0n) is 57.6. The lowest BCUT2D eigenvalue weighted by Crippen LogP contribution is -2.61. The maximum absolute atomic E-state index is 14.8. The Bertz CT molecular complexity index is 3190. The number of nitrogens with two attached hydrogens (primary N) is 5. The zero-order chi connectivity index (χ0) is 75.1. The molecule has 99 heavy (non-hydrogen) atoms. The normalized spacial score (nSPS) is 14.9. The van der Waals surface area contributed by atoms with E-state index < -0.39 is 187 Å². The number of hydrogen-bond donors (Lipinski definition) is 20. The predicted octanol–water partition coefficient (Wildman–Crippen LogP) is -4.66. The second-order valence-electron chi connectivity index (χ2n) is 25.8. The van der Waals surface area contributed by atoms with Crippen molar-refractivity contribution < 1.29 is 87.2 Å². The molecule has 552 valence electrons. The third kappa shape index (κ3) is 31.4. The van der Waals surface area contributed by atoms with Gasteiger partial charge in [0.2, 0.25) is 76.8 Å². The molecule has 0 aliphatic rings. The Morgan fingerprint density at radius 2 is 0.949 bits per heavy atom. The van der Waals surface area contributed by atoms with Gasteiger partial charge in [-0.05, 0) is 94.1 Å². The molecule has 36 heteroatoms. The van der Waals surface area contributed by atoms with E-state index in [1.807, 2.05) is 0 Å². The Morgan fingerprint density at radius 1 is 0.495 bits per heavy atom. The number of benzene rings is 1. The molecule has 25 N–H and O–H groups in total. The highest BCUT2D eigenvalue weighted by molar-refractivity contribution is 6.00. The number of primary amides is 2. The number of guanidine groups is 1. The molecule has 0 saturated heterocycles. The third-order valence-corrected chi connectivity index (χ3v) is 15.2. The topological polar surface area (TPSA) is 607 Å². The number of amides is 13. The van der Waals surface area contributed by atoms with Crippen molar-refractivity contribution in [2.75, 3.05) is 13.1 Å². The third-order valence-electron chi connectivity index (χ3n) is 15.2. The van der Waals surface area contributed by atoms with E-state index in [-0.39, 0.29) is 88.0 Å². The minimum absolute atomic E-state index is 0.0231. The number of hydrogen-bond acceptors (Lipinski definition) is 18. The number of aromatic amines is 1. The molecule has 1 aromatic heterocycles. The van der Waals surface area contributed by atoms with Crippen molar-refractivity contribution in [3.8, 4) is 0 Å². The zero-order valence-corrected chi connectivity index (χ0v) is 57.6. The van der Waals surface area contributed by atoms with Crippen molar-refractivity contribution in [2.45, 2.75) is 212 Å². The van der Waals surface area contributed by atoms with Crippen LogP contribution >= 0.6 is 0 Å². The fraction of sp³-hybridized carbons (Fsp3) is 0.619.